The molecule has 3 rings (SSSR count). The van der Waals surface area contributed by atoms with Crippen LogP contribution >= 0.6 is 0 Å². The molecule has 0 radical (unpaired) electrons. The number of hydrogen-bond donors (Lipinski definition) is 2. The Balaban J connectivity index is 1.50. The molecule has 1 unspecified atom stereocenters. The van der Waals surface area contributed by atoms with Crippen LogP contribution in [-0.4, -0.2) is 24.2 Å². The Bertz CT molecular complexity index is 239. The molecule has 0 aromatic carbocycles. The van der Waals surface area contributed by atoms with Gasteiger partial charge in [-0.05, 0) is 51.5 Å². The molecule has 0 bridgehead atoms. The highest BCUT2D eigenvalue weighted by atomic mass is 15.1. The summed E-state index contributed by atoms with van der Waals surface area (Å²) in [6.45, 7) is 1.24. The molecular formula is C15H28N2. The van der Waals surface area contributed by atoms with Crippen LogP contribution in [0.4, 0.5) is 0 Å². The first-order valence-electron chi connectivity index (χ1n) is 7.87. The van der Waals surface area contributed by atoms with Crippen LogP contribution < -0.4 is 10.6 Å². The Morgan fingerprint density at radius 3 is 2.24 bits per heavy atom. The third kappa shape index (κ3) is 2.85. The summed E-state index contributed by atoms with van der Waals surface area (Å²) in [5.74, 6) is 0. The fourth-order valence-corrected chi connectivity index (χ4v) is 4.06. The van der Waals surface area contributed by atoms with E-state index in [2.05, 4.69) is 10.6 Å². The van der Waals surface area contributed by atoms with Gasteiger partial charge >= 0.3 is 0 Å². The minimum absolute atomic E-state index is 0.556. The Labute approximate surface area is 106 Å². The molecule has 2 aliphatic carbocycles. The monoisotopic (exact) mass is 236 g/mol. The van der Waals surface area contributed by atoms with Crippen molar-refractivity contribution >= 4 is 0 Å². The van der Waals surface area contributed by atoms with Crippen molar-refractivity contribution in [2.75, 3.05) is 6.54 Å². The first-order chi connectivity index (χ1) is 8.36. The van der Waals surface area contributed by atoms with Gasteiger partial charge in [0.1, 0.15) is 0 Å². The summed E-state index contributed by atoms with van der Waals surface area (Å²) in [7, 11) is 0. The lowest BCUT2D eigenvalue weighted by Gasteiger charge is -2.49. The smallest absolute Gasteiger partial charge is 0.0196 e. The number of nitrogens with one attached hydrogen (secondary N) is 2. The van der Waals surface area contributed by atoms with Gasteiger partial charge in [-0.15, -0.1) is 0 Å². The zero-order valence-corrected chi connectivity index (χ0v) is 11.1. The maximum Gasteiger partial charge on any atom is 0.0196 e. The Morgan fingerprint density at radius 2 is 1.59 bits per heavy atom. The van der Waals surface area contributed by atoms with Crippen molar-refractivity contribution < 1.29 is 0 Å². The molecule has 1 atom stereocenters. The molecule has 1 aliphatic heterocycles. The highest BCUT2D eigenvalue weighted by Gasteiger charge is 2.41. The molecule has 2 saturated carbocycles. The predicted molar refractivity (Wildman–Crippen MR) is 72.2 cm³/mol. The van der Waals surface area contributed by atoms with E-state index in [9.17, 15) is 0 Å². The van der Waals surface area contributed by atoms with E-state index in [1.807, 2.05) is 0 Å². The highest BCUT2D eigenvalue weighted by Crippen LogP contribution is 2.38. The van der Waals surface area contributed by atoms with Crippen molar-refractivity contribution in [1.82, 2.24) is 10.6 Å². The molecule has 1 spiro atoms. The summed E-state index contributed by atoms with van der Waals surface area (Å²) in [4.78, 5) is 0. The van der Waals surface area contributed by atoms with Crippen LogP contribution in [0.2, 0.25) is 0 Å². The molecule has 98 valence electrons. The molecule has 2 N–H and O–H groups in total. The van der Waals surface area contributed by atoms with Gasteiger partial charge in [-0.1, -0.05) is 25.7 Å². The fourth-order valence-electron chi connectivity index (χ4n) is 4.06. The molecule has 3 fully saturated rings. The Kier molecular flexibility index (Phi) is 3.72. The lowest BCUT2D eigenvalue weighted by Crippen LogP contribution is -2.60. The molecule has 0 amide bonds. The summed E-state index contributed by atoms with van der Waals surface area (Å²) in [6.07, 6.45) is 15.7. The second-order valence-corrected chi connectivity index (χ2v) is 6.61. The second kappa shape index (κ2) is 5.27. The standard InChI is InChI=1S/C15H28N2/c1-2-4-7-13(6-3-1)17-14-8-11-16-15(12-14)9-5-10-15/h13-14,16-17H,1-12H2. The van der Waals surface area contributed by atoms with Crippen LogP contribution in [-0.2, 0) is 0 Å². The Morgan fingerprint density at radius 1 is 0.824 bits per heavy atom. The zero-order chi connectivity index (χ0) is 11.6. The van der Waals surface area contributed by atoms with Gasteiger partial charge in [0, 0.05) is 17.6 Å². The SMILES string of the molecule is C1CCCC(NC2CCNC3(CCC3)C2)CC1. The van der Waals surface area contributed by atoms with Gasteiger partial charge in [0.05, 0.1) is 0 Å². The van der Waals surface area contributed by atoms with Gasteiger partial charge in [-0.3, -0.25) is 0 Å². The van der Waals surface area contributed by atoms with Crippen LogP contribution in [0.1, 0.15) is 70.6 Å². The summed E-state index contributed by atoms with van der Waals surface area (Å²) < 4.78 is 0. The predicted octanol–water partition coefficient (Wildman–Crippen LogP) is 2.97. The van der Waals surface area contributed by atoms with Crippen molar-refractivity contribution in [3.05, 3.63) is 0 Å². The third-order valence-electron chi connectivity index (χ3n) is 5.27. The summed E-state index contributed by atoms with van der Waals surface area (Å²) >= 11 is 0. The average molecular weight is 236 g/mol. The zero-order valence-electron chi connectivity index (χ0n) is 11.1. The molecule has 0 aromatic heterocycles. The average Bonchev–Trinajstić information content (AvgIpc) is 2.56. The van der Waals surface area contributed by atoms with Crippen LogP contribution in [0, 0.1) is 0 Å². The maximum atomic E-state index is 3.98. The lowest BCUT2D eigenvalue weighted by atomic mass is 9.70. The van der Waals surface area contributed by atoms with Crippen molar-refractivity contribution in [2.45, 2.75) is 88.3 Å². The molecular weight excluding hydrogens is 208 g/mol. The van der Waals surface area contributed by atoms with Gasteiger partial charge in [-0.25, -0.2) is 0 Å². The summed E-state index contributed by atoms with van der Waals surface area (Å²) in [5, 5.41) is 7.75. The van der Waals surface area contributed by atoms with E-state index in [0.29, 0.717) is 5.54 Å². The summed E-state index contributed by atoms with van der Waals surface area (Å²) in [5.41, 5.74) is 0.556. The molecule has 1 heterocycles. The van der Waals surface area contributed by atoms with Crippen molar-refractivity contribution in [1.29, 1.82) is 0 Å². The molecule has 2 heteroatoms. The lowest BCUT2D eigenvalue weighted by molar-refractivity contribution is 0.114. The van der Waals surface area contributed by atoms with Crippen LogP contribution in [0.25, 0.3) is 0 Å². The second-order valence-electron chi connectivity index (χ2n) is 6.61. The van der Waals surface area contributed by atoms with Gasteiger partial charge in [0.25, 0.3) is 0 Å². The van der Waals surface area contributed by atoms with Gasteiger partial charge < -0.3 is 10.6 Å². The largest absolute Gasteiger partial charge is 0.311 e. The number of piperidine rings is 1. The number of rotatable bonds is 2. The van der Waals surface area contributed by atoms with E-state index in [1.165, 1.54) is 77.2 Å². The van der Waals surface area contributed by atoms with E-state index < -0.39 is 0 Å². The van der Waals surface area contributed by atoms with Gasteiger partial charge in [0.15, 0.2) is 0 Å². The van der Waals surface area contributed by atoms with E-state index in [4.69, 9.17) is 0 Å². The first-order valence-corrected chi connectivity index (χ1v) is 7.87. The van der Waals surface area contributed by atoms with Crippen molar-refractivity contribution in [2.24, 2.45) is 0 Å². The van der Waals surface area contributed by atoms with Gasteiger partial charge in [0.2, 0.25) is 0 Å². The van der Waals surface area contributed by atoms with E-state index in [-0.39, 0.29) is 0 Å². The molecule has 2 nitrogen and oxygen atoms in total. The summed E-state index contributed by atoms with van der Waals surface area (Å²) in [6, 6.07) is 1.64. The van der Waals surface area contributed by atoms with Crippen molar-refractivity contribution in [3.63, 3.8) is 0 Å². The van der Waals surface area contributed by atoms with Crippen LogP contribution in [0.5, 0.6) is 0 Å². The fraction of sp³-hybridized carbons (Fsp3) is 1.00. The van der Waals surface area contributed by atoms with E-state index in [1.54, 1.807) is 0 Å². The van der Waals surface area contributed by atoms with Crippen LogP contribution in [0.15, 0.2) is 0 Å². The first kappa shape index (κ1) is 12.0. The topological polar surface area (TPSA) is 24.1 Å². The van der Waals surface area contributed by atoms with Crippen molar-refractivity contribution in [3.8, 4) is 0 Å². The Hall–Kier alpha value is -0.0800. The van der Waals surface area contributed by atoms with Gasteiger partial charge in [-0.2, -0.15) is 0 Å². The minimum Gasteiger partial charge on any atom is -0.311 e. The third-order valence-corrected chi connectivity index (χ3v) is 5.27. The minimum atomic E-state index is 0.556. The molecule has 3 aliphatic rings. The van der Waals surface area contributed by atoms with E-state index >= 15 is 0 Å². The normalized spacial score (nSPS) is 34.2. The molecule has 1 saturated heterocycles. The maximum absolute atomic E-state index is 3.98. The van der Waals surface area contributed by atoms with Crippen LogP contribution in [0.3, 0.4) is 0 Å². The highest BCUT2D eigenvalue weighted by molar-refractivity contribution is 5.02. The number of hydrogen-bond acceptors (Lipinski definition) is 2. The quantitative estimate of drug-likeness (QED) is 0.720. The molecule has 0 aromatic rings. The van der Waals surface area contributed by atoms with E-state index in [0.717, 1.165) is 12.1 Å². The molecule has 17 heavy (non-hydrogen) atoms.